The Hall–Kier alpha value is -1.44. The van der Waals surface area contributed by atoms with Crippen molar-refractivity contribution in [2.75, 3.05) is 21.3 Å². The molecule has 1 aromatic rings. The Morgan fingerprint density at radius 2 is 1.71 bits per heavy atom. The standard InChI is InChI=1S/C9H12NO.CH4O4S/c1-10(11-2)8-9-6-4-3-5-7-9;1-5-6(2,3)4/h3-8H,1-2H3;1H3,(H,2,3,4)/q+1;/p-1/b10-8-;. The number of hydrogen-bond donors (Lipinski definition) is 0. The van der Waals surface area contributed by atoms with Crippen molar-refractivity contribution in [1.82, 2.24) is 0 Å². The summed E-state index contributed by atoms with van der Waals surface area (Å²) >= 11 is 0. The van der Waals surface area contributed by atoms with Gasteiger partial charge in [-0.1, -0.05) is 18.2 Å². The van der Waals surface area contributed by atoms with Crippen LogP contribution in [0.25, 0.3) is 0 Å². The number of hydrogen-bond acceptors (Lipinski definition) is 5. The van der Waals surface area contributed by atoms with Gasteiger partial charge in [-0.05, 0) is 16.9 Å². The van der Waals surface area contributed by atoms with Crippen molar-refractivity contribution in [2.45, 2.75) is 0 Å². The summed E-state index contributed by atoms with van der Waals surface area (Å²) in [7, 11) is -0.112. The third kappa shape index (κ3) is 9.49. The normalized spacial score (nSPS) is 11.4. The Morgan fingerprint density at radius 3 is 2.06 bits per heavy atom. The fourth-order valence-corrected chi connectivity index (χ4v) is 0.802. The predicted octanol–water partition coefficient (Wildman–Crippen LogP) is 0.402. The summed E-state index contributed by atoms with van der Waals surface area (Å²) in [4.78, 5) is 4.93. The molecule has 0 aliphatic carbocycles. The van der Waals surface area contributed by atoms with E-state index >= 15 is 0 Å². The van der Waals surface area contributed by atoms with Gasteiger partial charge in [-0.25, -0.2) is 8.42 Å². The van der Waals surface area contributed by atoms with Crippen LogP contribution in [0, 0.1) is 0 Å². The summed E-state index contributed by atoms with van der Waals surface area (Å²) in [5, 5.41) is 0. The highest BCUT2D eigenvalue weighted by molar-refractivity contribution is 7.80. The van der Waals surface area contributed by atoms with Crippen molar-refractivity contribution in [3.05, 3.63) is 35.9 Å². The second-order valence-corrected chi connectivity index (χ2v) is 3.99. The van der Waals surface area contributed by atoms with Crippen LogP contribution in [0.15, 0.2) is 30.3 Å². The second kappa shape index (κ2) is 7.77. The minimum atomic E-state index is -4.41. The minimum absolute atomic E-state index is 0.808. The zero-order chi connectivity index (χ0) is 13.3. The van der Waals surface area contributed by atoms with E-state index in [1.54, 1.807) is 11.8 Å². The fraction of sp³-hybridized carbons (Fsp3) is 0.300. The van der Waals surface area contributed by atoms with Gasteiger partial charge in [-0.3, -0.25) is 9.02 Å². The molecule has 96 valence electrons. The van der Waals surface area contributed by atoms with Gasteiger partial charge in [-0.2, -0.15) is 0 Å². The second-order valence-electron chi connectivity index (χ2n) is 2.84. The fourth-order valence-electron chi connectivity index (χ4n) is 0.802. The van der Waals surface area contributed by atoms with Crippen molar-refractivity contribution in [1.29, 1.82) is 0 Å². The van der Waals surface area contributed by atoms with E-state index in [0.29, 0.717) is 0 Å². The highest BCUT2D eigenvalue weighted by Crippen LogP contribution is 1.93. The molecule has 0 N–H and O–H groups in total. The molecule has 0 bridgehead atoms. The molecular formula is C10H15NO5S. The maximum absolute atomic E-state index is 9.22. The molecule has 1 aromatic carbocycles. The first kappa shape index (κ1) is 15.6. The van der Waals surface area contributed by atoms with Crippen LogP contribution in [-0.2, 0) is 19.4 Å². The van der Waals surface area contributed by atoms with Gasteiger partial charge in [0.1, 0.15) is 7.11 Å². The molecule has 7 heteroatoms. The summed E-state index contributed by atoms with van der Waals surface area (Å²) in [6.45, 7) is 0. The van der Waals surface area contributed by atoms with E-state index in [-0.39, 0.29) is 0 Å². The summed E-state index contributed by atoms with van der Waals surface area (Å²) in [6, 6.07) is 10.0. The maximum atomic E-state index is 9.22. The Morgan fingerprint density at radius 1 is 1.24 bits per heavy atom. The van der Waals surface area contributed by atoms with Gasteiger partial charge < -0.3 is 4.55 Å². The third-order valence-corrected chi connectivity index (χ3v) is 2.03. The molecule has 0 aromatic heterocycles. The first-order valence-corrected chi connectivity index (χ1v) is 5.90. The molecule has 1 rings (SSSR count). The molecule has 0 atom stereocenters. The third-order valence-electron chi connectivity index (χ3n) is 1.62. The van der Waals surface area contributed by atoms with Gasteiger partial charge in [0.05, 0.1) is 7.11 Å². The highest BCUT2D eigenvalue weighted by Gasteiger charge is 1.93. The smallest absolute Gasteiger partial charge is 0.222 e. The van der Waals surface area contributed by atoms with E-state index < -0.39 is 10.4 Å². The summed E-state index contributed by atoms with van der Waals surface area (Å²) in [5.41, 5.74) is 1.14. The van der Waals surface area contributed by atoms with E-state index in [0.717, 1.165) is 12.7 Å². The zero-order valence-corrected chi connectivity index (χ0v) is 10.7. The van der Waals surface area contributed by atoms with Gasteiger partial charge in [-0.15, -0.1) is 0 Å². The van der Waals surface area contributed by atoms with Crippen LogP contribution in [-0.4, -0.2) is 45.2 Å². The molecule has 17 heavy (non-hydrogen) atoms. The van der Waals surface area contributed by atoms with Crippen LogP contribution in [0.3, 0.4) is 0 Å². The van der Waals surface area contributed by atoms with Crippen molar-refractivity contribution < 1.29 is 26.7 Å². The molecule has 0 saturated carbocycles. The average molecular weight is 261 g/mol. The topological polar surface area (TPSA) is 78.7 Å². The van der Waals surface area contributed by atoms with Crippen molar-refractivity contribution in [3.63, 3.8) is 0 Å². The van der Waals surface area contributed by atoms with Gasteiger partial charge in [0.25, 0.3) is 0 Å². The maximum Gasteiger partial charge on any atom is 0.222 e. The first-order chi connectivity index (χ1) is 7.89. The van der Waals surface area contributed by atoms with E-state index in [9.17, 15) is 13.0 Å². The SMILES string of the molecule is CO/[N+](C)=C\c1ccccc1.COS(=O)(=O)[O-]. The van der Waals surface area contributed by atoms with Gasteiger partial charge in [0.15, 0.2) is 7.05 Å². The molecule has 0 heterocycles. The lowest BCUT2D eigenvalue weighted by Crippen LogP contribution is -2.04. The van der Waals surface area contributed by atoms with Crippen LogP contribution in [0.1, 0.15) is 5.56 Å². The zero-order valence-electron chi connectivity index (χ0n) is 9.86. The van der Waals surface area contributed by atoms with Crippen LogP contribution in [0.2, 0.25) is 0 Å². The Balaban J connectivity index is 0.000000366. The van der Waals surface area contributed by atoms with E-state index in [1.807, 2.05) is 43.6 Å². The molecular weight excluding hydrogens is 246 g/mol. The molecule has 0 fully saturated rings. The lowest BCUT2D eigenvalue weighted by Gasteiger charge is -1.98. The Labute approximate surface area is 101 Å². The van der Waals surface area contributed by atoms with E-state index in [2.05, 4.69) is 4.18 Å². The van der Waals surface area contributed by atoms with Gasteiger partial charge >= 0.3 is 0 Å². The minimum Gasteiger partial charge on any atom is -0.726 e. The number of hydroxylamine groups is 1. The molecule has 6 nitrogen and oxygen atoms in total. The van der Waals surface area contributed by atoms with Crippen LogP contribution in [0.5, 0.6) is 0 Å². The monoisotopic (exact) mass is 261 g/mol. The van der Waals surface area contributed by atoms with E-state index in [4.69, 9.17) is 4.84 Å². The Bertz CT molecular complexity index is 441. The van der Waals surface area contributed by atoms with E-state index in [1.165, 1.54) is 0 Å². The predicted molar refractivity (Wildman–Crippen MR) is 61.5 cm³/mol. The average Bonchev–Trinajstić information content (AvgIpc) is 2.30. The van der Waals surface area contributed by atoms with Crippen LogP contribution in [0.4, 0.5) is 0 Å². The van der Waals surface area contributed by atoms with Gasteiger partial charge in [0, 0.05) is 5.56 Å². The van der Waals surface area contributed by atoms with Crippen molar-refractivity contribution >= 4 is 16.6 Å². The summed E-state index contributed by atoms with van der Waals surface area (Å²) in [5.74, 6) is 0. The van der Waals surface area contributed by atoms with Crippen LogP contribution < -0.4 is 0 Å². The van der Waals surface area contributed by atoms with Crippen LogP contribution >= 0.6 is 0 Å². The lowest BCUT2D eigenvalue weighted by molar-refractivity contribution is -0.757. The molecule has 0 radical (unpaired) electrons. The number of nitrogens with zero attached hydrogens (tertiary/aromatic N) is 1. The number of benzene rings is 1. The Kier molecular flexibility index (Phi) is 7.11. The molecule has 0 unspecified atom stereocenters. The lowest BCUT2D eigenvalue weighted by atomic mass is 10.2. The van der Waals surface area contributed by atoms with Crippen molar-refractivity contribution in [2.24, 2.45) is 0 Å². The number of rotatable bonds is 3. The molecule has 0 saturated heterocycles. The molecule has 0 aliphatic rings. The summed E-state index contributed by atoms with van der Waals surface area (Å²) in [6.07, 6.45) is 1.92. The molecule has 0 aliphatic heterocycles. The highest BCUT2D eigenvalue weighted by atomic mass is 32.3. The largest absolute Gasteiger partial charge is 0.726 e. The van der Waals surface area contributed by atoms with Crippen molar-refractivity contribution in [3.8, 4) is 0 Å². The quantitative estimate of drug-likeness (QED) is 0.259. The van der Waals surface area contributed by atoms with Gasteiger partial charge in [0.2, 0.25) is 16.6 Å². The molecule has 0 spiro atoms. The molecule has 0 amide bonds. The first-order valence-electron chi connectivity index (χ1n) is 4.57. The summed E-state index contributed by atoms with van der Waals surface area (Å²) < 4.78 is 32.7.